The van der Waals surface area contributed by atoms with E-state index in [2.05, 4.69) is 10.8 Å². The highest BCUT2D eigenvalue weighted by molar-refractivity contribution is 7.93. The lowest BCUT2D eigenvalue weighted by atomic mass is 10.1. The van der Waals surface area contributed by atoms with Gasteiger partial charge in [-0.05, 0) is 55.3 Å². The van der Waals surface area contributed by atoms with Crippen LogP contribution in [0.15, 0.2) is 54.6 Å². The van der Waals surface area contributed by atoms with Crippen molar-refractivity contribution in [2.24, 2.45) is 0 Å². The van der Waals surface area contributed by atoms with Gasteiger partial charge in [0.1, 0.15) is 0 Å². The maximum absolute atomic E-state index is 13.0. The molecule has 0 saturated heterocycles. The van der Waals surface area contributed by atoms with Crippen molar-refractivity contribution < 1.29 is 18.3 Å². The van der Waals surface area contributed by atoms with Gasteiger partial charge in [0.15, 0.2) is 0 Å². The van der Waals surface area contributed by atoms with Crippen LogP contribution in [0.1, 0.15) is 38.7 Å². The molecular weight excluding hydrogens is 420 g/mol. The molecule has 2 atom stereocenters. The number of hydrogen-bond donors (Lipinski definition) is 2. The number of hydrogen-bond acceptors (Lipinski definition) is 5. The molecule has 4 rings (SSSR count). The first kappa shape index (κ1) is 20.1. The van der Waals surface area contributed by atoms with E-state index < -0.39 is 21.2 Å². The lowest BCUT2D eigenvalue weighted by Crippen LogP contribution is -2.19. The molecule has 8 heteroatoms. The second kappa shape index (κ2) is 7.59. The molecule has 2 N–H and O–H groups in total. The van der Waals surface area contributed by atoms with Crippen LogP contribution in [0.3, 0.4) is 0 Å². The summed E-state index contributed by atoms with van der Waals surface area (Å²) in [6, 6.07) is 17.2. The largest absolute Gasteiger partial charge is 0.478 e. The Kier molecular flexibility index (Phi) is 5.10. The summed E-state index contributed by atoms with van der Waals surface area (Å²) in [5, 5.41) is 17.6. The maximum atomic E-state index is 13.0. The zero-order valence-corrected chi connectivity index (χ0v) is 17.6. The van der Waals surface area contributed by atoms with Crippen molar-refractivity contribution in [1.29, 1.82) is 5.26 Å². The van der Waals surface area contributed by atoms with E-state index in [0.29, 0.717) is 17.7 Å². The fourth-order valence-electron chi connectivity index (χ4n) is 3.46. The fourth-order valence-corrected chi connectivity index (χ4v) is 6.04. The van der Waals surface area contributed by atoms with Crippen molar-refractivity contribution in [3.63, 3.8) is 0 Å². The number of nitrogens with zero attached hydrogens (tertiary/aromatic N) is 1. The van der Waals surface area contributed by atoms with Crippen LogP contribution >= 0.6 is 11.3 Å². The zero-order chi connectivity index (χ0) is 21.5. The molecule has 0 bridgehead atoms. The van der Waals surface area contributed by atoms with E-state index in [9.17, 15) is 18.5 Å². The standard InChI is InChI=1S/C22H18N2O4S2/c1-13-2-9-20(29-13)17-8-3-14(12-23)10-19(17)24-30(27,28)21-11-18(21)15-4-6-16(7-5-15)22(25)26/h2-10,18,21,24H,11H2,1H3,(H,25,26). The second-order valence-corrected chi connectivity index (χ2v) is 10.4. The number of sulfonamides is 1. The van der Waals surface area contributed by atoms with Crippen molar-refractivity contribution in [1.82, 2.24) is 0 Å². The number of benzene rings is 2. The predicted molar refractivity (Wildman–Crippen MR) is 116 cm³/mol. The topological polar surface area (TPSA) is 107 Å². The summed E-state index contributed by atoms with van der Waals surface area (Å²) in [7, 11) is -3.68. The fraction of sp³-hybridized carbons (Fsp3) is 0.182. The van der Waals surface area contributed by atoms with Gasteiger partial charge >= 0.3 is 5.97 Å². The van der Waals surface area contributed by atoms with Gasteiger partial charge in [-0.3, -0.25) is 4.72 Å². The van der Waals surface area contributed by atoms with Gasteiger partial charge in [0.2, 0.25) is 10.0 Å². The van der Waals surface area contributed by atoms with Crippen molar-refractivity contribution >= 4 is 33.0 Å². The van der Waals surface area contributed by atoms with Gasteiger partial charge in [-0.2, -0.15) is 5.26 Å². The number of carboxylic acid groups (broad SMARTS) is 1. The highest BCUT2D eigenvalue weighted by Gasteiger charge is 2.48. The molecule has 1 aliphatic rings. The molecule has 1 heterocycles. The molecule has 1 saturated carbocycles. The van der Waals surface area contributed by atoms with Crippen LogP contribution in [-0.4, -0.2) is 24.7 Å². The number of rotatable bonds is 6. The molecule has 0 aliphatic heterocycles. The highest BCUT2D eigenvalue weighted by Crippen LogP contribution is 2.47. The highest BCUT2D eigenvalue weighted by atomic mass is 32.2. The summed E-state index contributed by atoms with van der Waals surface area (Å²) >= 11 is 1.55. The van der Waals surface area contributed by atoms with Crippen LogP contribution in [0, 0.1) is 18.3 Å². The third kappa shape index (κ3) is 3.95. The Labute approximate surface area is 178 Å². The summed E-state index contributed by atoms with van der Waals surface area (Å²) in [5.74, 6) is -1.20. The number of thiophene rings is 1. The van der Waals surface area contributed by atoms with E-state index >= 15 is 0 Å². The van der Waals surface area contributed by atoms with E-state index in [1.807, 2.05) is 19.1 Å². The molecule has 1 aromatic heterocycles. The van der Waals surface area contributed by atoms with E-state index in [1.54, 1.807) is 41.7 Å². The Morgan fingerprint density at radius 3 is 2.50 bits per heavy atom. The SMILES string of the molecule is Cc1ccc(-c2ccc(C#N)cc2NS(=O)(=O)C2CC2c2ccc(C(=O)O)cc2)s1. The van der Waals surface area contributed by atoms with Crippen LogP contribution in [0.5, 0.6) is 0 Å². The quantitative estimate of drug-likeness (QED) is 0.585. The third-order valence-corrected chi connectivity index (χ3v) is 7.98. The van der Waals surface area contributed by atoms with Crippen LogP contribution in [0.25, 0.3) is 10.4 Å². The van der Waals surface area contributed by atoms with Gasteiger partial charge < -0.3 is 5.11 Å². The minimum absolute atomic E-state index is 0.168. The molecule has 30 heavy (non-hydrogen) atoms. The normalized spacial score (nSPS) is 17.9. The second-order valence-electron chi connectivity index (χ2n) is 7.24. The Balaban J connectivity index is 1.60. The van der Waals surface area contributed by atoms with Gasteiger partial charge in [0, 0.05) is 21.2 Å². The lowest BCUT2D eigenvalue weighted by Gasteiger charge is -2.12. The minimum Gasteiger partial charge on any atom is -0.478 e. The molecule has 1 fully saturated rings. The zero-order valence-electron chi connectivity index (χ0n) is 16.0. The average molecular weight is 439 g/mol. The Morgan fingerprint density at radius 1 is 1.17 bits per heavy atom. The third-order valence-electron chi connectivity index (χ3n) is 5.12. The van der Waals surface area contributed by atoms with Crippen LogP contribution in [-0.2, 0) is 10.0 Å². The Morgan fingerprint density at radius 2 is 1.90 bits per heavy atom. The van der Waals surface area contributed by atoms with Crippen LogP contribution in [0.4, 0.5) is 5.69 Å². The molecule has 6 nitrogen and oxygen atoms in total. The van der Waals surface area contributed by atoms with Gasteiger partial charge in [0.25, 0.3) is 0 Å². The predicted octanol–water partition coefficient (Wildman–Crippen LogP) is 4.59. The van der Waals surface area contributed by atoms with E-state index in [1.165, 1.54) is 12.1 Å². The summed E-state index contributed by atoms with van der Waals surface area (Å²) in [4.78, 5) is 13.0. The molecule has 0 amide bonds. The van der Waals surface area contributed by atoms with Crippen LogP contribution < -0.4 is 4.72 Å². The monoisotopic (exact) mass is 438 g/mol. The van der Waals surface area contributed by atoms with E-state index in [0.717, 1.165) is 20.9 Å². The number of aryl methyl sites for hydroxylation is 1. The van der Waals surface area contributed by atoms with Crippen LogP contribution in [0.2, 0.25) is 0 Å². The number of carboxylic acids is 1. The molecule has 2 aromatic carbocycles. The van der Waals surface area contributed by atoms with Gasteiger partial charge in [-0.25, -0.2) is 13.2 Å². The smallest absolute Gasteiger partial charge is 0.335 e. The average Bonchev–Trinajstić information content (AvgIpc) is 3.43. The van der Waals surface area contributed by atoms with Crippen molar-refractivity contribution in [2.75, 3.05) is 4.72 Å². The van der Waals surface area contributed by atoms with Gasteiger partial charge in [-0.15, -0.1) is 11.3 Å². The van der Waals surface area contributed by atoms with Crippen molar-refractivity contribution in [3.05, 3.63) is 76.2 Å². The molecule has 0 spiro atoms. The van der Waals surface area contributed by atoms with E-state index in [4.69, 9.17) is 5.11 Å². The summed E-state index contributed by atoms with van der Waals surface area (Å²) in [6.07, 6.45) is 0.465. The molecular formula is C22H18N2O4S2. The number of aromatic carboxylic acids is 1. The summed E-state index contributed by atoms with van der Waals surface area (Å²) in [6.45, 7) is 1.98. The number of nitriles is 1. The molecule has 3 aromatic rings. The first-order chi connectivity index (χ1) is 14.3. The van der Waals surface area contributed by atoms with Gasteiger partial charge in [0.05, 0.1) is 28.1 Å². The van der Waals surface area contributed by atoms with Crippen molar-refractivity contribution in [3.8, 4) is 16.5 Å². The summed E-state index contributed by atoms with van der Waals surface area (Å²) < 4.78 is 28.7. The molecule has 2 unspecified atom stereocenters. The minimum atomic E-state index is -3.68. The molecule has 152 valence electrons. The molecule has 1 aliphatic carbocycles. The number of nitrogens with one attached hydrogen (secondary N) is 1. The first-order valence-corrected chi connectivity index (χ1v) is 11.6. The number of anilines is 1. The summed E-state index contributed by atoms with van der Waals surface area (Å²) in [5.41, 5.74) is 2.47. The van der Waals surface area contributed by atoms with E-state index in [-0.39, 0.29) is 11.5 Å². The first-order valence-electron chi connectivity index (χ1n) is 9.24. The Hall–Kier alpha value is -3.15. The lowest BCUT2D eigenvalue weighted by molar-refractivity contribution is 0.0697. The number of carbonyl (C=O) groups is 1. The molecule has 0 radical (unpaired) electrons. The maximum Gasteiger partial charge on any atom is 0.335 e. The van der Waals surface area contributed by atoms with Gasteiger partial charge in [-0.1, -0.05) is 18.2 Å². The Bertz CT molecular complexity index is 1270. The van der Waals surface area contributed by atoms with Crippen molar-refractivity contribution in [2.45, 2.75) is 24.5 Å².